The second-order valence-corrected chi connectivity index (χ2v) is 6.82. The SMILES string of the molecule is CCC(C)C(N)C(=O)NCc1ccc(N2CC(C)OC(C)C2)nc1. The summed E-state index contributed by atoms with van der Waals surface area (Å²) in [5, 5.41) is 2.89. The van der Waals surface area contributed by atoms with Crippen molar-refractivity contribution in [2.24, 2.45) is 11.7 Å². The molecule has 0 saturated carbocycles. The van der Waals surface area contributed by atoms with Gasteiger partial charge in [-0.3, -0.25) is 4.79 Å². The molecule has 0 spiro atoms. The predicted octanol–water partition coefficient (Wildman–Crippen LogP) is 1.68. The van der Waals surface area contributed by atoms with Crippen LogP contribution in [0.25, 0.3) is 0 Å². The Hall–Kier alpha value is -1.66. The lowest BCUT2D eigenvalue weighted by Gasteiger charge is -2.36. The van der Waals surface area contributed by atoms with Crippen LogP contribution >= 0.6 is 0 Å². The van der Waals surface area contributed by atoms with Crippen molar-refractivity contribution in [1.82, 2.24) is 10.3 Å². The number of hydrogen-bond acceptors (Lipinski definition) is 5. The molecule has 6 heteroatoms. The number of nitrogens with one attached hydrogen (secondary N) is 1. The average Bonchev–Trinajstić information content (AvgIpc) is 2.57. The number of nitrogens with zero attached hydrogens (tertiary/aromatic N) is 2. The molecule has 0 aromatic carbocycles. The molecule has 0 bridgehead atoms. The van der Waals surface area contributed by atoms with E-state index in [-0.39, 0.29) is 24.0 Å². The molecule has 1 amide bonds. The van der Waals surface area contributed by atoms with Crippen molar-refractivity contribution < 1.29 is 9.53 Å². The Labute approximate surface area is 144 Å². The maximum absolute atomic E-state index is 12.0. The van der Waals surface area contributed by atoms with E-state index in [0.717, 1.165) is 30.9 Å². The fourth-order valence-electron chi connectivity index (χ4n) is 2.89. The molecule has 0 radical (unpaired) electrons. The van der Waals surface area contributed by atoms with E-state index in [1.807, 2.05) is 32.2 Å². The molecule has 134 valence electrons. The molecule has 1 aliphatic heterocycles. The third-order valence-electron chi connectivity index (χ3n) is 4.58. The van der Waals surface area contributed by atoms with E-state index in [4.69, 9.17) is 10.5 Å². The van der Waals surface area contributed by atoms with Gasteiger partial charge in [-0.15, -0.1) is 0 Å². The molecule has 1 aromatic heterocycles. The van der Waals surface area contributed by atoms with Crippen LogP contribution in [-0.4, -0.2) is 42.2 Å². The van der Waals surface area contributed by atoms with E-state index in [1.54, 1.807) is 0 Å². The van der Waals surface area contributed by atoms with E-state index >= 15 is 0 Å². The van der Waals surface area contributed by atoms with E-state index < -0.39 is 6.04 Å². The van der Waals surface area contributed by atoms with Gasteiger partial charge >= 0.3 is 0 Å². The molecule has 3 N–H and O–H groups in total. The molecular formula is C18H30N4O2. The summed E-state index contributed by atoms with van der Waals surface area (Å²) < 4.78 is 5.75. The van der Waals surface area contributed by atoms with Crippen molar-refractivity contribution >= 4 is 11.7 Å². The van der Waals surface area contributed by atoms with Crippen LogP contribution in [0.2, 0.25) is 0 Å². The lowest BCUT2D eigenvalue weighted by molar-refractivity contribution is -0.123. The monoisotopic (exact) mass is 334 g/mol. The number of rotatable bonds is 6. The van der Waals surface area contributed by atoms with Gasteiger partial charge in [0.2, 0.25) is 5.91 Å². The van der Waals surface area contributed by atoms with Gasteiger partial charge in [-0.05, 0) is 31.4 Å². The number of hydrogen-bond donors (Lipinski definition) is 2. The summed E-state index contributed by atoms with van der Waals surface area (Å²) in [5.41, 5.74) is 6.91. The molecule has 1 aromatic rings. The predicted molar refractivity (Wildman–Crippen MR) is 95.7 cm³/mol. The Bertz CT molecular complexity index is 524. The van der Waals surface area contributed by atoms with E-state index in [2.05, 4.69) is 29.0 Å². The maximum atomic E-state index is 12.0. The molecule has 4 atom stereocenters. The molecule has 1 saturated heterocycles. The van der Waals surface area contributed by atoms with Gasteiger partial charge < -0.3 is 20.7 Å². The summed E-state index contributed by atoms with van der Waals surface area (Å²) in [6, 6.07) is 3.54. The Morgan fingerprint density at radius 1 is 1.42 bits per heavy atom. The Morgan fingerprint density at radius 3 is 2.62 bits per heavy atom. The third kappa shape index (κ3) is 4.92. The lowest BCUT2D eigenvalue weighted by atomic mass is 9.99. The van der Waals surface area contributed by atoms with Gasteiger partial charge in [-0.25, -0.2) is 4.98 Å². The standard InChI is InChI=1S/C18H30N4O2/c1-5-12(2)17(19)18(23)21-9-15-6-7-16(20-8-15)22-10-13(3)24-14(4)11-22/h6-8,12-14,17H,5,9-11,19H2,1-4H3,(H,21,23). The molecule has 1 fully saturated rings. The normalized spacial score (nSPS) is 23.6. The number of amides is 1. The van der Waals surface area contributed by atoms with Gasteiger partial charge in [-0.1, -0.05) is 26.3 Å². The molecule has 6 nitrogen and oxygen atoms in total. The number of nitrogens with two attached hydrogens (primary N) is 1. The highest BCUT2D eigenvalue weighted by Crippen LogP contribution is 2.18. The first-order valence-corrected chi connectivity index (χ1v) is 8.79. The van der Waals surface area contributed by atoms with Crippen molar-refractivity contribution in [3.05, 3.63) is 23.9 Å². The van der Waals surface area contributed by atoms with Crippen molar-refractivity contribution in [3.63, 3.8) is 0 Å². The molecular weight excluding hydrogens is 304 g/mol. The number of anilines is 1. The van der Waals surface area contributed by atoms with E-state index in [0.29, 0.717) is 6.54 Å². The van der Waals surface area contributed by atoms with Crippen LogP contribution in [0.3, 0.4) is 0 Å². The second kappa shape index (κ2) is 8.44. The average molecular weight is 334 g/mol. The van der Waals surface area contributed by atoms with E-state index in [9.17, 15) is 4.79 Å². The Morgan fingerprint density at radius 2 is 2.08 bits per heavy atom. The minimum atomic E-state index is -0.460. The fourth-order valence-corrected chi connectivity index (χ4v) is 2.89. The van der Waals surface area contributed by atoms with Crippen molar-refractivity contribution in [3.8, 4) is 0 Å². The minimum Gasteiger partial charge on any atom is -0.372 e. The Kier molecular flexibility index (Phi) is 6.57. The molecule has 2 rings (SSSR count). The fraction of sp³-hybridized carbons (Fsp3) is 0.667. The van der Waals surface area contributed by atoms with Crippen LogP contribution < -0.4 is 16.0 Å². The molecule has 24 heavy (non-hydrogen) atoms. The molecule has 0 aliphatic carbocycles. The highest BCUT2D eigenvalue weighted by molar-refractivity contribution is 5.81. The number of carbonyl (C=O) groups excluding carboxylic acids is 1. The van der Waals surface area contributed by atoms with E-state index in [1.165, 1.54) is 0 Å². The van der Waals surface area contributed by atoms with Crippen LogP contribution in [0.4, 0.5) is 5.82 Å². The first-order valence-electron chi connectivity index (χ1n) is 8.79. The second-order valence-electron chi connectivity index (χ2n) is 6.82. The summed E-state index contributed by atoms with van der Waals surface area (Å²) in [6.45, 7) is 10.3. The zero-order chi connectivity index (χ0) is 17.7. The summed E-state index contributed by atoms with van der Waals surface area (Å²) in [6.07, 6.45) is 3.12. The van der Waals surface area contributed by atoms with Crippen LogP contribution in [0.1, 0.15) is 39.7 Å². The van der Waals surface area contributed by atoms with Crippen LogP contribution in [0.5, 0.6) is 0 Å². The lowest BCUT2D eigenvalue weighted by Crippen LogP contribution is -2.45. The molecule has 2 heterocycles. The van der Waals surface area contributed by atoms with Gasteiger partial charge in [0, 0.05) is 25.8 Å². The van der Waals surface area contributed by atoms with Gasteiger partial charge in [0.05, 0.1) is 18.2 Å². The number of morpholine rings is 1. The summed E-state index contributed by atoms with van der Waals surface area (Å²) in [4.78, 5) is 18.8. The van der Waals surface area contributed by atoms with Crippen LogP contribution in [0.15, 0.2) is 18.3 Å². The number of pyridine rings is 1. The number of ether oxygens (including phenoxy) is 1. The number of aromatic nitrogens is 1. The minimum absolute atomic E-state index is 0.107. The van der Waals surface area contributed by atoms with Crippen LogP contribution in [0, 0.1) is 5.92 Å². The highest BCUT2D eigenvalue weighted by Gasteiger charge is 2.23. The van der Waals surface area contributed by atoms with Gasteiger partial charge in [0.1, 0.15) is 5.82 Å². The van der Waals surface area contributed by atoms with Gasteiger partial charge in [0.25, 0.3) is 0 Å². The van der Waals surface area contributed by atoms with Crippen molar-refractivity contribution in [2.45, 2.75) is 58.9 Å². The van der Waals surface area contributed by atoms with Crippen molar-refractivity contribution in [1.29, 1.82) is 0 Å². The Balaban J connectivity index is 1.89. The smallest absolute Gasteiger partial charge is 0.237 e. The quantitative estimate of drug-likeness (QED) is 0.827. The van der Waals surface area contributed by atoms with Gasteiger partial charge in [0.15, 0.2) is 0 Å². The van der Waals surface area contributed by atoms with Crippen LogP contribution in [-0.2, 0) is 16.1 Å². The molecule has 1 aliphatic rings. The zero-order valence-corrected chi connectivity index (χ0v) is 15.2. The largest absolute Gasteiger partial charge is 0.372 e. The first-order chi connectivity index (χ1) is 11.4. The summed E-state index contributed by atoms with van der Waals surface area (Å²) in [7, 11) is 0. The maximum Gasteiger partial charge on any atom is 0.237 e. The van der Waals surface area contributed by atoms with Gasteiger partial charge in [-0.2, -0.15) is 0 Å². The first kappa shape index (κ1) is 18.7. The highest BCUT2D eigenvalue weighted by atomic mass is 16.5. The number of carbonyl (C=O) groups is 1. The third-order valence-corrected chi connectivity index (χ3v) is 4.58. The topological polar surface area (TPSA) is 80.5 Å². The van der Waals surface area contributed by atoms with Crippen molar-refractivity contribution in [2.75, 3.05) is 18.0 Å². The molecule has 4 unspecified atom stereocenters. The zero-order valence-electron chi connectivity index (χ0n) is 15.2. The summed E-state index contributed by atoms with van der Waals surface area (Å²) >= 11 is 0. The summed E-state index contributed by atoms with van der Waals surface area (Å²) in [5.74, 6) is 1.02.